The van der Waals surface area contributed by atoms with Gasteiger partial charge >= 0.3 is 5.97 Å². The summed E-state index contributed by atoms with van der Waals surface area (Å²) in [4.78, 5) is 13.8. The van der Waals surface area contributed by atoms with E-state index in [0.29, 0.717) is 18.2 Å². The summed E-state index contributed by atoms with van der Waals surface area (Å²) in [6.45, 7) is 7.45. The van der Waals surface area contributed by atoms with Crippen LogP contribution >= 0.6 is 0 Å². The number of esters is 1. The molecule has 0 spiro atoms. The summed E-state index contributed by atoms with van der Waals surface area (Å²) in [7, 11) is 2.07. The van der Waals surface area contributed by atoms with Crippen molar-refractivity contribution in [3.63, 3.8) is 0 Å². The summed E-state index contributed by atoms with van der Waals surface area (Å²) >= 11 is 0. The smallest absolute Gasteiger partial charge is 0.338 e. The number of hydrogen-bond donors (Lipinski definition) is 0. The van der Waals surface area contributed by atoms with Gasteiger partial charge in [0.15, 0.2) is 0 Å². The van der Waals surface area contributed by atoms with E-state index in [1.54, 1.807) is 6.07 Å². The molecule has 1 atom stereocenters. The Morgan fingerprint density at radius 2 is 2.12 bits per heavy atom. The molecule has 0 fully saturated rings. The molecular formula is C14H21NO2. The first-order valence-electron chi connectivity index (χ1n) is 6.07. The molecule has 0 aliphatic carbocycles. The molecule has 1 unspecified atom stereocenters. The molecule has 0 heterocycles. The molecule has 17 heavy (non-hydrogen) atoms. The van der Waals surface area contributed by atoms with E-state index in [4.69, 9.17) is 4.74 Å². The zero-order valence-electron chi connectivity index (χ0n) is 11.1. The largest absolute Gasteiger partial charge is 0.462 e. The Bertz CT molecular complexity index is 376. The minimum absolute atomic E-state index is 0.249. The van der Waals surface area contributed by atoms with E-state index in [9.17, 15) is 4.79 Å². The molecule has 0 aliphatic heterocycles. The first kappa shape index (κ1) is 13.7. The molecule has 0 saturated carbocycles. The van der Waals surface area contributed by atoms with Gasteiger partial charge in [0.2, 0.25) is 0 Å². The maximum Gasteiger partial charge on any atom is 0.338 e. The van der Waals surface area contributed by atoms with Crippen LogP contribution in [-0.4, -0.2) is 31.1 Å². The third-order valence-corrected chi connectivity index (χ3v) is 3.04. The highest BCUT2D eigenvalue weighted by molar-refractivity contribution is 5.89. The van der Waals surface area contributed by atoms with Crippen LogP contribution in [0.4, 0.5) is 0 Å². The van der Waals surface area contributed by atoms with Crippen molar-refractivity contribution in [2.24, 2.45) is 0 Å². The molecule has 0 N–H and O–H groups in total. The number of benzene rings is 1. The zero-order chi connectivity index (χ0) is 12.8. The molecule has 0 bridgehead atoms. The minimum atomic E-state index is -0.249. The molecule has 0 amide bonds. The summed E-state index contributed by atoms with van der Waals surface area (Å²) in [5.74, 6) is -0.249. The van der Waals surface area contributed by atoms with Crippen LogP contribution < -0.4 is 0 Å². The lowest BCUT2D eigenvalue weighted by Crippen LogP contribution is -2.22. The van der Waals surface area contributed by atoms with Crippen LogP contribution in [0.2, 0.25) is 0 Å². The Morgan fingerprint density at radius 3 is 2.71 bits per heavy atom. The first-order valence-corrected chi connectivity index (χ1v) is 6.07. The van der Waals surface area contributed by atoms with E-state index in [0.717, 1.165) is 12.1 Å². The van der Waals surface area contributed by atoms with Gasteiger partial charge in [0, 0.05) is 6.04 Å². The van der Waals surface area contributed by atoms with Gasteiger partial charge in [-0.2, -0.15) is 0 Å². The monoisotopic (exact) mass is 235 g/mol. The highest BCUT2D eigenvalue weighted by Gasteiger charge is 2.12. The van der Waals surface area contributed by atoms with Crippen LogP contribution in [0.3, 0.4) is 0 Å². The van der Waals surface area contributed by atoms with Crippen LogP contribution in [-0.2, 0) is 4.74 Å². The van der Waals surface area contributed by atoms with Gasteiger partial charge in [0.1, 0.15) is 0 Å². The first-order chi connectivity index (χ1) is 8.10. The second kappa shape index (κ2) is 6.40. The van der Waals surface area contributed by atoms with E-state index >= 15 is 0 Å². The van der Waals surface area contributed by atoms with Crippen LogP contribution in [0.15, 0.2) is 24.3 Å². The fraction of sp³-hybridized carbons (Fsp3) is 0.500. The van der Waals surface area contributed by atoms with Gasteiger partial charge < -0.3 is 4.74 Å². The highest BCUT2D eigenvalue weighted by Crippen LogP contribution is 2.19. The molecule has 1 aromatic rings. The van der Waals surface area contributed by atoms with Gasteiger partial charge in [-0.15, -0.1) is 0 Å². The molecule has 0 aromatic heterocycles. The number of carbonyl (C=O) groups is 1. The molecule has 1 aromatic carbocycles. The second-order valence-electron chi connectivity index (χ2n) is 4.10. The fourth-order valence-corrected chi connectivity index (χ4v) is 1.67. The maximum absolute atomic E-state index is 11.6. The third-order valence-electron chi connectivity index (χ3n) is 3.04. The Hall–Kier alpha value is -1.35. The van der Waals surface area contributed by atoms with Crippen molar-refractivity contribution in [2.75, 3.05) is 20.2 Å². The maximum atomic E-state index is 11.6. The lowest BCUT2D eigenvalue weighted by atomic mass is 10.0. The molecule has 0 saturated heterocycles. The van der Waals surface area contributed by atoms with Gasteiger partial charge in [-0.05, 0) is 45.1 Å². The number of nitrogens with zero attached hydrogens (tertiary/aromatic N) is 1. The number of hydrogen-bond acceptors (Lipinski definition) is 3. The summed E-state index contributed by atoms with van der Waals surface area (Å²) in [5, 5.41) is 0. The Labute approximate surface area is 103 Å². The predicted octanol–water partition coefficient (Wildman–Crippen LogP) is 2.88. The van der Waals surface area contributed by atoms with E-state index in [1.165, 1.54) is 0 Å². The molecule has 0 aliphatic rings. The zero-order valence-corrected chi connectivity index (χ0v) is 11.1. The fourth-order valence-electron chi connectivity index (χ4n) is 1.67. The second-order valence-corrected chi connectivity index (χ2v) is 4.10. The van der Waals surface area contributed by atoms with E-state index in [1.807, 2.05) is 25.1 Å². The molecule has 1 rings (SSSR count). The van der Waals surface area contributed by atoms with Gasteiger partial charge in [0.05, 0.1) is 12.2 Å². The summed E-state index contributed by atoms with van der Waals surface area (Å²) in [5.41, 5.74) is 1.76. The number of rotatable bonds is 5. The summed E-state index contributed by atoms with van der Waals surface area (Å²) in [6, 6.07) is 7.95. The van der Waals surface area contributed by atoms with Crippen LogP contribution in [0.1, 0.15) is 42.7 Å². The SMILES string of the molecule is CCOC(=O)c1cccc(C(C)N(C)CC)c1. The quantitative estimate of drug-likeness (QED) is 0.735. The van der Waals surface area contributed by atoms with Crippen LogP contribution in [0.25, 0.3) is 0 Å². The van der Waals surface area contributed by atoms with Crippen molar-refractivity contribution in [3.05, 3.63) is 35.4 Å². The molecule has 3 heteroatoms. The van der Waals surface area contributed by atoms with Gasteiger partial charge in [-0.3, -0.25) is 4.90 Å². The number of ether oxygens (including phenoxy) is 1. The van der Waals surface area contributed by atoms with Crippen molar-refractivity contribution in [1.82, 2.24) is 4.90 Å². The van der Waals surface area contributed by atoms with Crippen LogP contribution in [0, 0.1) is 0 Å². The average Bonchev–Trinajstić information content (AvgIpc) is 2.37. The molecule has 3 nitrogen and oxygen atoms in total. The van der Waals surface area contributed by atoms with Gasteiger partial charge in [-0.1, -0.05) is 19.1 Å². The highest BCUT2D eigenvalue weighted by atomic mass is 16.5. The minimum Gasteiger partial charge on any atom is -0.462 e. The van der Waals surface area contributed by atoms with E-state index in [2.05, 4.69) is 25.8 Å². The topological polar surface area (TPSA) is 29.5 Å². The molecular weight excluding hydrogens is 214 g/mol. The third kappa shape index (κ3) is 3.56. The Balaban J connectivity index is 2.89. The average molecular weight is 235 g/mol. The Morgan fingerprint density at radius 1 is 1.41 bits per heavy atom. The standard InChI is InChI=1S/C14H21NO2/c1-5-15(4)11(3)12-8-7-9-13(10-12)14(16)17-6-2/h7-11H,5-6H2,1-4H3. The summed E-state index contributed by atoms with van der Waals surface area (Å²) < 4.78 is 5.00. The lowest BCUT2D eigenvalue weighted by Gasteiger charge is -2.23. The van der Waals surface area contributed by atoms with Crippen molar-refractivity contribution in [3.8, 4) is 0 Å². The van der Waals surface area contributed by atoms with Gasteiger partial charge in [-0.25, -0.2) is 4.79 Å². The predicted molar refractivity (Wildman–Crippen MR) is 69.1 cm³/mol. The van der Waals surface area contributed by atoms with Gasteiger partial charge in [0.25, 0.3) is 0 Å². The normalized spacial score (nSPS) is 12.5. The van der Waals surface area contributed by atoms with Crippen molar-refractivity contribution < 1.29 is 9.53 Å². The van der Waals surface area contributed by atoms with Crippen molar-refractivity contribution >= 4 is 5.97 Å². The van der Waals surface area contributed by atoms with Crippen molar-refractivity contribution in [1.29, 1.82) is 0 Å². The lowest BCUT2D eigenvalue weighted by molar-refractivity contribution is 0.0526. The molecule has 94 valence electrons. The van der Waals surface area contributed by atoms with E-state index < -0.39 is 0 Å². The Kier molecular flexibility index (Phi) is 5.16. The van der Waals surface area contributed by atoms with Crippen LogP contribution in [0.5, 0.6) is 0 Å². The van der Waals surface area contributed by atoms with E-state index in [-0.39, 0.29) is 5.97 Å². The number of carbonyl (C=O) groups excluding carboxylic acids is 1. The molecule has 0 radical (unpaired) electrons. The summed E-state index contributed by atoms with van der Waals surface area (Å²) in [6.07, 6.45) is 0. The van der Waals surface area contributed by atoms with Crippen molar-refractivity contribution in [2.45, 2.75) is 26.8 Å².